The standard InChI is InChI=1S/C15H17N3O/c16-15(18-19)14-8-4-7-13(9-14)11-17-10-12-5-2-1-3-6-12/h1-9,17,19H,10-11H2,(H2,16,18). The predicted octanol–water partition coefficient (Wildman–Crippen LogP) is 2.07. The van der Waals surface area contributed by atoms with Crippen LogP contribution in [0.4, 0.5) is 0 Å². The quantitative estimate of drug-likeness (QED) is 0.331. The van der Waals surface area contributed by atoms with Crippen molar-refractivity contribution < 1.29 is 5.21 Å². The molecule has 0 saturated carbocycles. The average molecular weight is 255 g/mol. The molecule has 4 N–H and O–H groups in total. The summed E-state index contributed by atoms with van der Waals surface area (Å²) in [6, 6.07) is 17.8. The maximum absolute atomic E-state index is 8.65. The van der Waals surface area contributed by atoms with Gasteiger partial charge in [-0.25, -0.2) is 0 Å². The van der Waals surface area contributed by atoms with E-state index in [-0.39, 0.29) is 5.84 Å². The second-order valence-corrected chi connectivity index (χ2v) is 4.27. The molecule has 0 fully saturated rings. The van der Waals surface area contributed by atoms with E-state index >= 15 is 0 Å². The van der Waals surface area contributed by atoms with Gasteiger partial charge in [0.25, 0.3) is 0 Å². The first-order valence-electron chi connectivity index (χ1n) is 6.11. The number of nitrogens with zero attached hydrogens (tertiary/aromatic N) is 1. The maximum atomic E-state index is 8.65. The van der Waals surface area contributed by atoms with Gasteiger partial charge < -0.3 is 16.3 Å². The molecule has 0 aliphatic rings. The van der Waals surface area contributed by atoms with E-state index in [4.69, 9.17) is 10.9 Å². The van der Waals surface area contributed by atoms with Gasteiger partial charge in [0.05, 0.1) is 0 Å². The number of rotatable bonds is 5. The van der Waals surface area contributed by atoms with Crippen LogP contribution >= 0.6 is 0 Å². The summed E-state index contributed by atoms with van der Waals surface area (Å²) in [6.07, 6.45) is 0. The van der Waals surface area contributed by atoms with Crippen molar-refractivity contribution in [1.29, 1.82) is 0 Å². The molecule has 2 aromatic carbocycles. The molecule has 0 aliphatic carbocycles. The lowest BCUT2D eigenvalue weighted by Gasteiger charge is -2.06. The van der Waals surface area contributed by atoms with Gasteiger partial charge in [-0.05, 0) is 17.2 Å². The van der Waals surface area contributed by atoms with Gasteiger partial charge in [0, 0.05) is 18.7 Å². The number of nitrogens with two attached hydrogens (primary N) is 1. The van der Waals surface area contributed by atoms with E-state index in [0.717, 1.165) is 24.2 Å². The molecule has 0 radical (unpaired) electrons. The van der Waals surface area contributed by atoms with E-state index in [2.05, 4.69) is 22.6 Å². The van der Waals surface area contributed by atoms with Gasteiger partial charge in [-0.3, -0.25) is 0 Å². The highest BCUT2D eigenvalue weighted by atomic mass is 16.4. The predicted molar refractivity (Wildman–Crippen MR) is 75.9 cm³/mol. The zero-order chi connectivity index (χ0) is 13.5. The minimum atomic E-state index is 0.130. The fraction of sp³-hybridized carbons (Fsp3) is 0.133. The summed E-state index contributed by atoms with van der Waals surface area (Å²) in [5.74, 6) is 0.130. The molecule has 0 bridgehead atoms. The Hall–Kier alpha value is -2.33. The molecule has 0 amide bonds. The fourth-order valence-electron chi connectivity index (χ4n) is 1.85. The van der Waals surface area contributed by atoms with Gasteiger partial charge in [-0.2, -0.15) is 0 Å². The Morgan fingerprint density at radius 1 is 1.00 bits per heavy atom. The average Bonchev–Trinajstić information content (AvgIpc) is 2.48. The Morgan fingerprint density at radius 2 is 1.68 bits per heavy atom. The lowest BCUT2D eigenvalue weighted by molar-refractivity contribution is 0.318. The summed E-state index contributed by atoms with van der Waals surface area (Å²) in [7, 11) is 0. The van der Waals surface area contributed by atoms with E-state index in [1.165, 1.54) is 5.56 Å². The van der Waals surface area contributed by atoms with E-state index in [1.807, 2.05) is 42.5 Å². The van der Waals surface area contributed by atoms with Gasteiger partial charge in [0.1, 0.15) is 0 Å². The Morgan fingerprint density at radius 3 is 2.42 bits per heavy atom. The first kappa shape index (κ1) is 13.1. The number of benzene rings is 2. The second kappa shape index (κ2) is 6.56. The van der Waals surface area contributed by atoms with E-state index in [1.54, 1.807) is 0 Å². The van der Waals surface area contributed by atoms with Crippen LogP contribution in [0.2, 0.25) is 0 Å². The summed E-state index contributed by atoms with van der Waals surface area (Å²) < 4.78 is 0. The van der Waals surface area contributed by atoms with Crippen molar-refractivity contribution in [2.24, 2.45) is 10.9 Å². The Bertz CT molecular complexity index is 552. The Labute approximate surface area is 112 Å². The molecule has 0 unspecified atom stereocenters. The van der Waals surface area contributed by atoms with Crippen molar-refractivity contribution in [3.05, 3.63) is 71.3 Å². The lowest BCUT2D eigenvalue weighted by atomic mass is 10.1. The lowest BCUT2D eigenvalue weighted by Crippen LogP contribution is -2.15. The third-order valence-corrected chi connectivity index (χ3v) is 2.83. The van der Waals surface area contributed by atoms with Gasteiger partial charge in [-0.15, -0.1) is 0 Å². The molecule has 0 heterocycles. The van der Waals surface area contributed by atoms with Gasteiger partial charge in [-0.1, -0.05) is 53.7 Å². The second-order valence-electron chi connectivity index (χ2n) is 4.27. The molecule has 0 aromatic heterocycles. The largest absolute Gasteiger partial charge is 0.409 e. The number of oxime groups is 1. The number of hydrogen-bond acceptors (Lipinski definition) is 3. The fourth-order valence-corrected chi connectivity index (χ4v) is 1.85. The summed E-state index contributed by atoms with van der Waals surface area (Å²) in [6.45, 7) is 1.55. The van der Waals surface area contributed by atoms with E-state index < -0.39 is 0 Å². The minimum Gasteiger partial charge on any atom is -0.409 e. The zero-order valence-corrected chi connectivity index (χ0v) is 10.6. The van der Waals surface area contributed by atoms with Crippen LogP contribution in [0.3, 0.4) is 0 Å². The summed E-state index contributed by atoms with van der Waals surface area (Å²) >= 11 is 0. The molecule has 2 rings (SSSR count). The highest BCUT2D eigenvalue weighted by molar-refractivity contribution is 5.97. The summed E-state index contributed by atoms with van der Waals surface area (Å²) in [4.78, 5) is 0. The van der Waals surface area contributed by atoms with E-state index in [9.17, 15) is 0 Å². The van der Waals surface area contributed by atoms with Gasteiger partial charge in [0.15, 0.2) is 5.84 Å². The first-order valence-corrected chi connectivity index (χ1v) is 6.11. The third-order valence-electron chi connectivity index (χ3n) is 2.83. The van der Waals surface area contributed by atoms with Crippen LogP contribution in [0.25, 0.3) is 0 Å². The molecule has 0 spiro atoms. The van der Waals surface area contributed by atoms with Crippen LogP contribution < -0.4 is 11.1 Å². The summed E-state index contributed by atoms with van der Waals surface area (Å²) in [5.41, 5.74) is 8.63. The van der Waals surface area contributed by atoms with Crippen molar-refractivity contribution in [3.63, 3.8) is 0 Å². The number of amidine groups is 1. The van der Waals surface area contributed by atoms with Gasteiger partial charge >= 0.3 is 0 Å². The zero-order valence-electron chi connectivity index (χ0n) is 10.6. The highest BCUT2D eigenvalue weighted by Crippen LogP contribution is 2.05. The Kier molecular flexibility index (Phi) is 4.53. The molecule has 0 atom stereocenters. The molecule has 0 aliphatic heterocycles. The van der Waals surface area contributed by atoms with Gasteiger partial charge in [0.2, 0.25) is 0 Å². The molecule has 2 aromatic rings. The van der Waals surface area contributed by atoms with Crippen LogP contribution in [-0.2, 0) is 13.1 Å². The monoisotopic (exact) mass is 255 g/mol. The van der Waals surface area contributed by atoms with Crippen molar-refractivity contribution in [2.45, 2.75) is 13.1 Å². The van der Waals surface area contributed by atoms with Crippen LogP contribution in [0, 0.1) is 0 Å². The molecule has 4 nitrogen and oxygen atoms in total. The SMILES string of the molecule is NC(=NO)c1cccc(CNCc2ccccc2)c1. The highest BCUT2D eigenvalue weighted by Gasteiger charge is 2.00. The number of hydrogen-bond donors (Lipinski definition) is 3. The van der Waals surface area contributed by atoms with Crippen LogP contribution in [0.1, 0.15) is 16.7 Å². The summed E-state index contributed by atoms with van der Waals surface area (Å²) in [5, 5.41) is 15.0. The van der Waals surface area contributed by atoms with E-state index in [0.29, 0.717) is 0 Å². The normalized spacial score (nSPS) is 11.5. The van der Waals surface area contributed by atoms with Crippen LogP contribution in [0.5, 0.6) is 0 Å². The first-order chi connectivity index (χ1) is 9.29. The van der Waals surface area contributed by atoms with Crippen LogP contribution in [0.15, 0.2) is 59.8 Å². The molecular weight excluding hydrogens is 238 g/mol. The Balaban J connectivity index is 1.93. The molecular formula is C15H17N3O. The molecule has 98 valence electrons. The van der Waals surface area contributed by atoms with Crippen molar-refractivity contribution >= 4 is 5.84 Å². The topological polar surface area (TPSA) is 70.6 Å². The minimum absolute atomic E-state index is 0.130. The van der Waals surface area contributed by atoms with Crippen LogP contribution in [-0.4, -0.2) is 11.0 Å². The molecule has 4 heteroatoms. The third kappa shape index (κ3) is 3.82. The molecule has 0 saturated heterocycles. The van der Waals surface area contributed by atoms with Crippen molar-refractivity contribution in [3.8, 4) is 0 Å². The van der Waals surface area contributed by atoms with Crippen molar-refractivity contribution in [1.82, 2.24) is 5.32 Å². The molecule has 19 heavy (non-hydrogen) atoms. The maximum Gasteiger partial charge on any atom is 0.170 e. The smallest absolute Gasteiger partial charge is 0.170 e. The number of nitrogens with one attached hydrogen (secondary N) is 1. The van der Waals surface area contributed by atoms with Crippen molar-refractivity contribution in [2.75, 3.05) is 0 Å².